The van der Waals surface area contributed by atoms with E-state index >= 15 is 0 Å². The number of hydrogen-bond acceptors (Lipinski definition) is 2. The first-order valence-electron chi connectivity index (χ1n) is 3.48. The van der Waals surface area contributed by atoms with E-state index < -0.39 is 0 Å². The van der Waals surface area contributed by atoms with Crippen molar-refractivity contribution >= 4 is 18.7 Å². The summed E-state index contributed by atoms with van der Waals surface area (Å²) in [4.78, 5) is 12.8. The minimum Gasteiger partial charge on any atom is -0.338 e. The molecule has 0 saturated carbocycles. The topological polar surface area (TPSA) is 32.3 Å². The summed E-state index contributed by atoms with van der Waals surface area (Å²) in [6.07, 6.45) is 1.06. The highest BCUT2D eigenvalue weighted by Gasteiger charge is 2.15. The Morgan fingerprint density at radius 3 is 3.10 bits per heavy atom. The van der Waals surface area contributed by atoms with Crippen LogP contribution in [0, 0.1) is 0 Å². The van der Waals surface area contributed by atoms with E-state index in [1.54, 1.807) is 4.90 Å². The molecule has 58 valence electrons. The first-order chi connectivity index (χ1) is 4.84. The third-order valence-electron chi connectivity index (χ3n) is 1.54. The van der Waals surface area contributed by atoms with E-state index in [1.165, 1.54) is 0 Å². The second-order valence-electron chi connectivity index (χ2n) is 2.30. The van der Waals surface area contributed by atoms with Crippen molar-refractivity contribution in [1.29, 1.82) is 0 Å². The standard InChI is InChI=1S/C6H12N2OS/c9-6-7-2-1-3-8(6)4-5-10/h10H,1-5H2,(H,7,9). The molecule has 0 aliphatic carbocycles. The van der Waals surface area contributed by atoms with Crippen molar-refractivity contribution in [3.8, 4) is 0 Å². The molecule has 1 fully saturated rings. The van der Waals surface area contributed by atoms with Crippen LogP contribution >= 0.6 is 12.6 Å². The van der Waals surface area contributed by atoms with E-state index in [0.29, 0.717) is 0 Å². The van der Waals surface area contributed by atoms with Crippen molar-refractivity contribution in [2.24, 2.45) is 0 Å². The summed E-state index contributed by atoms with van der Waals surface area (Å²) in [5.74, 6) is 0.743. The quantitative estimate of drug-likeness (QED) is 0.561. The fourth-order valence-corrected chi connectivity index (χ4v) is 1.25. The van der Waals surface area contributed by atoms with Gasteiger partial charge in [-0.2, -0.15) is 12.6 Å². The number of hydrogen-bond donors (Lipinski definition) is 2. The average molecular weight is 160 g/mol. The lowest BCUT2D eigenvalue weighted by molar-refractivity contribution is 0.190. The maximum Gasteiger partial charge on any atom is 0.317 e. The zero-order valence-corrected chi connectivity index (χ0v) is 6.73. The summed E-state index contributed by atoms with van der Waals surface area (Å²) >= 11 is 4.05. The van der Waals surface area contributed by atoms with Gasteiger partial charge in [-0.25, -0.2) is 4.79 Å². The fraction of sp³-hybridized carbons (Fsp3) is 0.833. The van der Waals surface area contributed by atoms with Crippen LogP contribution in [0.15, 0.2) is 0 Å². The van der Waals surface area contributed by atoms with E-state index in [4.69, 9.17) is 0 Å². The number of urea groups is 1. The molecule has 4 heteroatoms. The third-order valence-corrected chi connectivity index (χ3v) is 1.74. The molecule has 1 heterocycles. The first-order valence-corrected chi connectivity index (χ1v) is 4.11. The summed E-state index contributed by atoms with van der Waals surface area (Å²) in [5, 5.41) is 2.77. The van der Waals surface area contributed by atoms with Crippen molar-refractivity contribution in [1.82, 2.24) is 10.2 Å². The Balaban J connectivity index is 2.32. The highest BCUT2D eigenvalue weighted by Crippen LogP contribution is 1.98. The van der Waals surface area contributed by atoms with Crippen LogP contribution in [0.25, 0.3) is 0 Å². The Hall–Kier alpha value is -0.380. The van der Waals surface area contributed by atoms with Gasteiger partial charge in [-0.3, -0.25) is 0 Å². The molecule has 0 aromatic heterocycles. The lowest BCUT2D eigenvalue weighted by Gasteiger charge is -2.26. The van der Waals surface area contributed by atoms with Crippen LogP contribution < -0.4 is 5.32 Å². The summed E-state index contributed by atoms with van der Waals surface area (Å²) < 4.78 is 0. The normalized spacial score (nSPS) is 18.9. The van der Waals surface area contributed by atoms with Gasteiger partial charge in [0.15, 0.2) is 0 Å². The molecule has 0 radical (unpaired) electrons. The molecule has 0 atom stereocenters. The maximum absolute atomic E-state index is 11.0. The summed E-state index contributed by atoms with van der Waals surface area (Å²) in [6, 6.07) is 0.0558. The van der Waals surface area contributed by atoms with Crippen LogP contribution in [0.5, 0.6) is 0 Å². The van der Waals surface area contributed by atoms with Gasteiger partial charge in [-0.1, -0.05) is 0 Å². The van der Waals surface area contributed by atoms with Gasteiger partial charge in [0.25, 0.3) is 0 Å². The van der Waals surface area contributed by atoms with Crippen molar-refractivity contribution in [3.63, 3.8) is 0 Å². The van der Waals surface area contributed by atoms with Crippen LogP contribution in [-0.2, 0) is 0 Å². The first kappa shape index (κ1) is 7.72. The molecular weight excluding hydrogens is 148 g/mol. The predicted octanol–water partition coefficient (Wildman–Crippen LogP) is 0.332. The lowest BCUT2D eigenvalue weighted by Crippen LogP contribution is -2.46. The third kappa shape index (κ3) is 1.80. The SMILES string of the molecule is O=C1NCCCN1CCS. The van der Waals surface area contributed by atoms with Crippen molar-refractivity contribution in [2.45, 2.75) is 6.42 Å². The van der Waals surface area contributed by atoms with Gasteiger partial charge in [0.05, 0.1) is 0 Å². The maximum atomic E-state index is 11.0. The van der Waals surface area contributed by atoms with Gasteiger partial charge < -0.3 is 10.2 Å². The number of carbonyl (C=O) groups is 1. The number of rotatable bonds is 2. The van der Waals surface area contributed by atoms with Crippen molar-refractivity contribution in [2.75, 3.05) is 25.4 Å². The molecule has 1 saturated heterocycles. The second-order valence-corrected chi connectivity index (χ2v) is 2.74. The largest absolute Gasteiger partial charge is 0.338 e. The minimum absolute atomic E-state index is 0.0558. The summed E-state index contributed by atoms with van der Waals surface area (Å²) in [7, 11) is 0. The lowest BCUT2D eigenvalue weighted by atomic mass is 10.3. The number of amides is 2. The van der Waals surface area contributed by atoms with Gasteiger partial charge in [0, 0.05) is 25.4 Å². The van der Waals surface area contributed by atoms with E-state index in [1.807, 2.05) is 0 Å². The number of thiol groups is 1. The Bertz CT molecular complexity index is 127. The van der Waals surface area contributed by atoms with Crippen molar-refractivity contribution < 1.29 is 4.79 Å². The number of nitrogens with one attached hydrogen (secondary N) is 1. The fourth-order valence-electron chi connectivity index (χ4n) is 1.01. The van der Waals surface area contributed by atoms with Crippen LogP contribution in [0.2, 0.25) is 0 Å². The smallest absolute Gasteiger partial charge is 0.317 e. The van der Waals surface area contributed by atoms with Crippen LogP contribution in [0.3, 0.4) is 0 Å². The molecule has 0 spiro atoms. The molecule has 3 nitrogen and oxygen atoms in total. The van der Waals surface area contributed by atoms with E-state index in [9.17, 15) is 4.79 Å². The molecule has 2 amide bonds. The molecule has 1 rings (SSSR count). The molecule has 0 aromatic rings. The van der Waals surface area contributed by atoms with Gasteiger partial charge in [0.1, 0.15) is 0 Å². The molecule has 10 heavy (non-hydrogen) atoms. The van der Waals surface area contributed by atoms with Crippen LogP contribution in [0.4, 0.5) is 4.79 Å². The highest BCUT2D eigenvalue weighted by molar-refractivity contribution is 7.80. The Morgan fingerprint density at radius 2 is 2.50 bits per heavy atom. The molecule has 1 N–H and O–H groups in total. The van der Waals surface area contributed by atoms with E-state index in [0.717, 1.165) is 31.8 Å². The monoisotopic (exact) mass is 160 g/mol. The van der Waals surface area contributed by atoms with Gasteiger partial charge in [-0.15, -0.1) is 0 Å². The summed E-state index contributed by atoms with van der Waals surface area (Å²) in [6.45, 7) is 2.46. The molecule has 1 aliphatic heterocycles. The zero-order chi connectivity index (χ0) is 7.40. The molecule has 0 unspecified atom stereocenters. The molecule has 1 aliphatic rings. The van der Waals surface area contributed by atoms with Gasteiger partial charge >= 0.3 is 6.03 Å². The number of carbonyl (C=O) groups excluding carboxylic acids is 1. The van der Waals surface area contributed by atoms with Gasteiger partial charge in [-0.05, 0) is 6.42 Å². The zero-order valence-electron chi connectivity index (χ0n) is 5.84. The van der Waals surface area contributed by atoms with E-state index in [2.05, 4.69) is 17.9 Å². The molecule has 0 bridgehead atoms. The molecular formula is C6H12N2OS. The van der Waals surface area contributed by atoms with Gasteiger partial charge in [0.2, 0.25) is 0 Å². The average Bonchev–Trinajstić information content (AvgIpc) is 1.94. The van der Waals surface area contributed by atoms with Crippen LogP contribution in [-0.4, -0.2) is 36.3 Å². The van der Waals surface area contributed by atoms with E-state index in [-0.39, 0.29) is 6.03 Å². The Labute approximate surface area is 66.2 Å². The summed E-state index contributed by atoms with van der Waals surface area (Å²) in [5.41, 5.74) is 0. The van der Waals surface area contributed by atoms with Crippen LogP contribution in [0.1, 0.15) is 6.42 Å². The Morgan fingerprint density at radius 1 is 1.70 bits per heavy atom. The molecule has 0 aromatic carbocycles. The Kier molecular flexibility index (Phi) is 2.86. The predicted molar refractivity (Wildman–Crippen MR) is 43.4 cm³/mol. The van der Waals surface area contributed by atoms with Crippen molar-refractivity contribution in [3.05, 3.63) is 0 Å². The number of nitrogens with zero attached hydrogens (tertiary/aromatic N) is 1. The second kappa shape index (κ2) is 3.71. The minimum atomic E-state index is 0.0558. The highest BCUT2D eigenvalue weighted by atomic mass is 32.1.